The predicted molar refractivity (Wildman–Crippen MR) is 352 cm³/mol. The van der Waals surface area contributed by atoms with Crippen LogP contribution in [0.25, 0.3) is 0 Å². The number of esters is 3. The fraction of sp³-hybridized carbons (Fsp3) is 0.613. The molecule has 0 saturated heterocycles. The van der Waals surface area contributed by atoms with Crippen molar-refractivity contribution in [2.45, 2.75) is 284 Å². The summed E-state index contributed by atoms with van der Waals surface area (Å²) in [7, 11) is 0. The van der Waals surface area contributed by atoms with Crippen LogP contribution < -0.4 is 0 Å². The fourth-order valence-corrected chi connectivity index (χ4v) is 8.67. The van der Waals surface area contributed by atoms with Crippen molar-refractivity contribution in [3.05, 3.63) is 158 Å². The smallest absolute Gasteiger partial charge is 0.306 e. The maximum absolute atomic E-state index is 12.9. The molecule has 81 heavy (non-hydrogen) atoms. The first-order valence-electron chi connectivity index (χ1n) is 33.0. The van der Waals surface area contributed by atoms with Gasteiger partial charge in [-0.05, 0) is 122 Å². The van der Waals surface area contributed by atoms with E-state index in [1.165, 1.54) is 103 Å². The van der Waals surface area contributed by atoms with Crippen LogP contribution >= 0.6 is 0 Å². The summed E-state index contributed by atoms with van der Waals surface area (Å²) in [5.41, 5.74) is 0. The van der Waals surface area contributed by atoms with Gasteiger partial charge in [-0.3, -0.25) is 14.4 Å². The third-order valence-corrected chi connectivity index (χ3v) is 13.5. The number of carbonyl (C=O) groups is 3. The molecule has 0 rings (SSSR count). The molecule has 0 aromatic rings. The average Bonchev–Trinajstić information content (AvgIpc) is 3.47. The van der Waals surface area contributed by atoms with Crippen LogP contribution in [0.1, 0.15) is 278 Å². The molecule has 0 aromatic carbocycles. The van der Waals surface area contributed by atoms with E-state index in [1.54, 1.807) is 0 Å². The Hall–Kier alpha value is -4.97. The Bertz CT molecular complexity index is 1810. The fourth-order valence-electron chi connectivity index (χ4n) is 8.67. The molecule has 0 aromatic heterocycles. The van der Waals surface area contributed by atoms with Gasteiger partial charge in [0, 0.05) is 19.3 Å². The van der Waals surface area contributed by atoms with Gasteiger partial charge in [-0.1, -0.05) is 294 Å². The molecule has 0 N–H and O–H groups in total. The average molecular weight is 1120 g/mol. The monoisotopic (exact) mass is 1120 g/mol. The van der Waals surface area contributed by atoms with E-state index in [0.29, 0.717) is 19.3 Å². The molecule has 0 amide bonds. The molecule has 0 bridgehead atoms. The van der Waals surface area contributed by atoms with Gasteiger partial charge in [-0.15, -0.1) is 0 Å². The number of allylic oxidation sites excluding steroid dienone is 26. The number of ether oxygens (including phenoxy) is 3. The molecule has 6 heteroatoms. The van der Waals surface area contributed by atoms with Gasteiger partial charge in [0.15, 0.2) is 6.10 Å². The van der Waals surface area contributed by atoms with Crippen molar-refractivity contribution >= 4 is 17.9 Å². The zero-order valence-electron chi connectivity index (χ0n) is 52.2. The summed E-state index contributed by atoms with van der Waals surface area (Å²) in [4.78, 5) is 38.2. The summed E-state index contributed by atoms with van der Waals surface area (Å²) >= 11 is 0. The highest BCUT2D eigenvalue weighted by molar-refractivity contribution is 5.71. The van der Waals surface area contributed by atoms with E-state index in [9.17, 15) is 14.4 Å². The summed E-state index contributed by atoms with van der Waals surface area (Å²) in [5, 5.41) is 0. The molecule has 6 nitrogen and oxygen atoms in total. The van der Waals surface area contributed by atoms with Crippen molar-refractivity contribution in [2.24, 2.45) is 0 Å². The lowest BCUT2D eigenvalue weighted by Gasteiger charge is -2.18. The number of rotatable bonds is 58. The normalized spacial score (nSPS) is 13.2. The highest BCUT2D eigenvalue weighted by atomic mass is 16.6. The van der Waals surface area contributed by atoms with Crippen LogP contribution in [0.4, 0.5) is 0 Å². The first-order chi connectivity index (χ1) is 40.0. The summed E-state index contributed by atoms with van der Waals surface area (Å²) < 4.78 is 16.8. The summed E-state index contributed by atoms with van der Waals surface area (Å²) in [6.07, 6.45) is 98.4. The van der Waals surface area contributed by atoms with Gasteiger partial charge >= 0.3 is 17.9 Å². The molecule has 0 aliphatic heterocycles. The van der Waals surface area contributed by atoms with E-state index >= 15 is 0 Å². The first kappa shape index (κ1) is 76.0. The second-order valence-electron chi connectivity index (χ2n) is 21.3. The summed E-state index contributed by atoms with van der Waals surface area (Å²) in [6, 6.07) is 0. The van der Waals surface area contributed by atoms with Crippen LogP contribution in [0, 0.1) is 0 Å². The summed E-state index contributed by atoms with van der Waals surface area (Å²) in [6.45, 7) is 6.35. The van der Waals surface area contributed by atoms with Gasteiger partial charge < -0.3 is 14.2 Å². The molecular weight excluding hydrogens is 997 g/mol. The van der Waals surface area contributed by atoms with E-state index in [0.717, 1.165) is 128 Å². The third-order valence-electron chi connectivity index (χ3n) is 13.5. The highest BCUT2D eigenvalue weighted by Gasteiger charge is 2.19. The van der Waals surface area contributed by atoms with Gasteiger partial charge in [0.2, 0.25) is 0 Å². The van der Waals surface area contributed by atoms with E-state index in [4.69, 9.17) is 14.2 Å². The van der Waals surface area contributed by atoms with E-state index in [2.05, 4.69) is 179 Å². The molecule has 0 heterocycles. The van der Waals surface area contributed by atoms with Gasteiger partial charge in [0.1, 0.15) is 13.2 Å². The van der Waals surface area contributed by atoms with Crippen LogP contribution in [0.2, 0.25) is 0 Å². The minimum absolute atomic E-state index is 0.100. The third kappa shape index (κ3) is 65.7. The largest absolute Gasteiger partial charge is 0.462 e. The van der Waals surface area contributed by atoms with Crippen molar-refractivity contribution in [2.75, 3.05) is 13.2 Å². The van der Waals surface area contributed by atoms with E-state index in [1.807, 2.05) is 0 Å². The lowest BCUT2D eigenvalue weighted by molar-refractivity contribution is -0.167. The quantitative estimate of drug-likeness (QED) is 0.0261. The molecule has 0 fully saturated rings. The Morgan fingerprint density at radius 3 is 0.802 bits per heavy atom. The Morgan fingerprint density at radius 2 is 0.494 bits per heavy atom. The van der Waals surface area contributed by atoms with Crippen molar-refractivity contribution in [1.82, 2.24) is 0 Å². The maximum atomic E-state index is 12.9. The van der Waals surface area contributed by atoms with Crippen LogP contribution in [-0.2, 0) is 28.6 Å². The zero-order valence-corrected chi connectivity index (χ0v) is 52.2. The lowest BCUT2D eigenvalue weighted by Crippen LogP contribution is -2.30. The molecule has 0 aliphatic carbocycles. The Kier molecular flexibility index (Phi) is 63.4. The zero-order chi connectivity index (χ0) is 58.5. The minimum atomic E-state index is -0.808. The topological polar surface area (TPSA) is 78.9 Å². The van der Waals surface area contributed by atoms with Crippen molar-refractivity contribution in [3.63, 3.8) is 0 Å². The Balaban J connectivity index is 4.34. The molecule has 0 saturated carbocycles. The molecular formula is C75H120O6. The minimum Gasteiger partial charge on any atom is -0.462 e. The number of hydrogen-bond acceptors (Lipinski definition) is 6. The standard InChI is InChI=1S/C75H120O6/c1-4-7-10-13-16-19-21-23-25-27-29-31-33-35-36-37-38-40-41-43-45-47-49-51-53-56-59-62-65-68-74(77)80-71-72(70-79-73(76)67-64-61-58-55-18-15-12-9-6-3)81-75(78)69-66-63-60-57-54-52-50-48-46-44-42-39-34-32-30-28-26-24-22-20-17-14-11-8-5-2/h7-8,10-11,16-17,19-20,23-26,29-32,35-36,38,40,43,45,49,51,56,59,72H,4-6,9,12-15,18,21-22,27-28,33-34,37,39,41-42,44,46-48,50,52-55,57-58,60-71H2,1-3H3/b10-7-,11-8-,19-16-,20-17-,25-23-,26-24-,31-29-,32-30-,36-35-,40-38-,45-43-,51-49-,59-56-. The Labute approximate surface area is 499 Å². The number of carbonyl (C=O) groups excluding carboxylic acids is 3. The van der Waals surface area contributed by atoms with Gasteiger partial charge in [0.25, 0.3) is 0 Å². The summed E-state index contributed by atoms with van der Waals surface area (Å²) in [5.74, 6) is -0.968. The van der Waals surface area contributed by atoms with Crippen LogP contribution in [0.5, 0.6) is 0 Å². The van der Waals surface area contributed by atoms with Crippen LogP contribution in [0.15, 0.2) is 158 Å². The highest BCUT2D eigenvalue weighted by Crippen LogP contribution is 2.15. The molecule has 456 valence electrons. The van der Waals surface area contributed by atoms with Crippen molar-refractivity contribution in [3.8, 4) is 0 Å². The second kappa shape index (κ2) is 67.5. The maximum Gasteiger partial charge on any atom is 0.306 e. The van der Waals surface area contributed by atoms with Gasteiger partial charge in [0.05, 0.1) is 0 Å². The van der Waals surface area contributed by atoms with Gasteiger partial charge in [-0.2, -0.15) is 0 Å². The predicted octanol–water partition coefficient (Wildman–Crippen LogP) is 22.9. The second-order valence-corrected chi connectivity index (χ2v) is 21.3. The number of hydrogen-bond donors (Lipinski definition) is 0. The molecule has 1 unspecified atom stereocenters. The molecule has 0 radical (unpaired) electrons. The van der Waals surface area contributed by atoms with Crippen LogP contribution in [0.3, 0.4) is 0 Å². The lowest BCUT2D eigenvalue weighted by atomic mass is 10.0. The molecule has 0 spiro atoms. The van der Waals surface area contributed by atoms with E-state index < -0.39 is 6.10 Å². The first-order valence-corrected chi connectivity index (χ1v) is 33.0. The molecule has 0 aliphatic rings. The Morgan fingerprint density at radius 1 is 0.259 bits per heavy atom. The van der Waals surface area contributed by atoms with Crippen molar-refractivity contribution in [1.29, 1.82) is 0 Å². The van der Waals surface area contributed by atoms with Crippen LogP contribution in [-0.4, -0.2) is 37.2 Å². The van der Waals surface area contributed by atoms with Crippen molar-refractivity contribution < 1.29 is 28.6 Å². The SMILES string of the molecule is CC/C=C\C/C=C\C/C=C\C/C=C\C/C=C\C/C=C\C/C=C\C/C=C\C/C=C\CCCC(=O)OCC(COC(=O)CCCCCCCCCCC)OC(=O)CCCCCCCCCCCCCC/C=C\C/C=C\C/C=C\C/C=C\CC. The molecule has 1 atom stereocenters. The number of unbranched alkanes of at least 4 members (excludes halogenated alkanes) is 21. The van der Waals surface area contributed by atoms with Gasteiger partial charge in [-0.25, -0.2) is 0 Å². The van der Waals surface area contributed by atoms with E-state index in [-0.39, 0.29) is 37.5 Å².